The van der Waals surface area contributed by atoms with Gasteiger partial charge in [0.1, 0.15) is 24.4 Å². The van der Waals surface area contributed by atoms with Crippen LogP contribution in [0, 0.1) is 0 Å². The number of hydrogen-bond acceptors (Lipinski definition) is 7. The Labute approximate surface area is 126 Å². The molecule has 0 unspecified atom stereocenters. The average Bonchev–Trinajstić information content (AvgIpc) is 2.52. The molecule has 5 atom stereocenters. The summed E-state index contributed by atoms with van der Waals surface area (Å²) in [5, 5.41) is 46.9. The van der Waals surface area contributed by atoms with Gasteiger partial charge in [-0.3, -0.25) is 0 Å². The molecule has 0 aliphatic carbocycles. The minimum Gasteiger partial charge on any atom is -0.478 e. The Morgan fingerprint density at radius 3 is 2.27 bits per heavy atom. The van der Waals surface area contributed by atoms with Gasteiger partial charge in [-0.2, -0.15) is 0 Å². The normalized spacial score (nSPS) is 31.9. The molecule has 1 fully saturated rings. The fourth-order valence-corrected chi connectivity index (χ4v) is 2.13. The maximum atomic E-state index is 10.7. The maximum Gasteiger partial charge on any atom is 0.335 e. The van der Waals surface area contributed by atoms with Crippen molar-refractivity contribution in [2.24, 2.45) is 0 Å². The third-order valence-corrected chi connectivity index (χ3v) is 3.46. The molecule has 122 valence electrons. The van der Waals surface area contributed by atoms with Gasteiger partial charge in [-0.15, -0.1) is 0 Å². The van der Waals surface area contributed by atoms with Gasteiger partial charge in [0.2, 0.25) is 0 Å². The Kier molecular flexibility index (Phi) is 5.46. The molecule has 5 N–H and O–H groups in total. The minimum atomic E-state index is -1.50. The molecule has 0 radical (unpaired) electrons. The summed E-state index contributed by atoms with van der Waals surface area (Å²) in [5.41, 5.74) is 0.776. The summed E-state index contributed by atoms with van der Waals surface area (Å²) in [6, 6.07) is 5.92. The summed E-state index contributed by atoms with van der Waals surface area (Å²) in [4.78, 5) is 10.7. The van der Waals surface area contributed by atoms with Crippen molar-refractivity contribution in [3.8, 4) is 0 Å². The SMILES string of the molecule is O=C(O)c1ccc(CO[C@H]2O[C@H](CO)[C@@H](O)[C@H](O)[C@@H]2O)cc1. The van der Waals surface area contributed by atoms with E-state index in [-0.39, 0.29) is 12.2 Å². The number of aliphatic hydroxyl groups is 4. The Bertz CT molecular complexity index is 500. The zero-order valence-corrected chi connectivity index (χ0v) is 11.6. The fraction of sp³-hybridized carbons (Fsp3) is 0.500. The summed E-state index contributed by atoms with van der Waals surface area (Å²) < 4.78 is 10.5. The smallest absolute Gasteiger partial charge is 0.335 e. The van der Waals surface area contributed by atoms with Crippen molar-refractivity contribution in [2.45, 2.75) is 37.3 Å². The van der Waals surface area contributed by atoms with Gasteiger partial charge in [0.25, 0.3) is 0 Å². The molecule has 2 rings (SSSR count). The van der Waals surface area contributed by atoms with E-state index in [9.17, 15) is 20.1 Å². The molecular weight excluding hydrogens is 296 g/mol. The van der Waals surface area contributed by atoms with Gasteiger partial charge in [0.05, 0.1) is 18.8 Å². The van der Waals surface area contributed by atoms with E-state index in [1.54, 1.807) is 12.1 Å². The third-order valence-electron chi connectivity index (χ3n) is 3.46. The van der Waals surface area contributed by atoms with Gasteiger partial charge in [-0.25, -0.2) is 4.79 Å². The number of aromatic carboxylic acids is 1. The molecule has 22 heavy (non-hydrogen) atoms. The van der Waals surface area contributed by atoms with Gasteiger partial charge in [-0.05, 0) is 17.7 Å². The summed E-state index contributed by atoms with van der Waals surface area (Å²) in [7, 11) is 0. The van der Waals surface area contributed by atoms with Gasteiger partial charge < -0.3 is 35.0 Å². The second-order valence-electron chi connectivity index (χ2n) is 5.01. The second kappa shape index (κ2) is 7.14. The lowest BCUT2D eigenvalue weighted by molar-refractivity contribution is -0.304. The quantitative estimate of drug-likeness (QED) is 0.452. The van der Waals surface area contributed by atoms with Gasteiger partial charge in [0, 0.05) is 0 Å². The molecule has 0 aromatic heterocycles. The molecule has 1 aromatic carbocycles. The first kappa shape index (κ1) is 16.8. The molecule has 0 spiro atoms. The standard InChI is InChI=1S/C14H18O8/c15-5-9-10(16)11(17)12(18)14(22-9)21-6-7-1-3-8(4-2-7)13(19)20/h1-4,9-12,14-18H,5-6H2,(H,19,20)/t9-,10-,11+,12+,14+/m1/s1. The molecule has 1 saturated heterocycles. The van der Waals surface area contributed by atoms with Crippen molar-refractivity contribution in [3.05, 3.63) is 35.4 Å². The number of carboxylic acid groups (broad SMARTS) is 1. The van der Waals surface area contributed by atoms with E-state index in [1.165, 1.54) is 12.1 Å². The van der Waals surface area contributed by atoms with Crippen LogP contribution in [0.3, 0.4) is 0 Å². The molecule has 8 heteroatoms. The van der Waals surface area contributed by atoms with E-state index in [0.717, 1.165) is 0 Å². The Morgan fingerprint density at radius 2 is 1.73 bits per heavy atom. The highest BCUT2D eigenvalue weighted by Crippen LogP contribution is 2.22. The first-order valence-electron chi connectivity index (χ1n) is 6.68. The largest absolute Gasteiger partial charge is 0.478 e. The van der Waals surface area contributed by atoms with Crippen LogP contribution >= 0.6 is 0 Å². The maximum absolute atomic E-state index is 10.7. The highest BCUT2D eigenvalue weighted by molar-refractivity contribution is 5.87. The Balaban J connectivity index is 1.96. The van der Waals surface area contributed by atoms with Crippen molar-refractivity contribution < 1.29 is 39.8 Å². The highest BCUT2D eigenvalue weighted by Gasteiger charge is 2.43. The summed E-state index contributed by atoms with van der Waals surface area (Å²) in [5.74, 6) is -1.04. The first-order chi connectivity index (χ1) is 10.4. The molecule has 0 saturated carbocycles. The number of carboxylic acids is 1. The molecular formula is C14H18O8. The van der Waals surface area contributed by atoms with Crippen LogP contribution in [0.25, 0.3) is 0 Å². The van der Waals surface area contributed by atoms with Crippen molar-refractivity contribution in [3.63, 3.8) is 0 Å². The van der Waals surface area contributed by atoms with Gasteiger partial charge in [0.15, 0.2) is 6.29 Å². The van der Waals surface area contributed by atoms with Crippen molar-refractivity contribution in [1.82, 2.24) is 0 Å². The van der Waals surface area contributed by atoms with Crippen molar-refractivity contribution >= 4 is 5.97 Å². The van der Waals surface area contributed by atoms with E-state index in [4.69, 9.17) is 19.7 Å². The monoisotopic (exact) mass is 314 g/mol. The van der Waals surface area contributed by atoms with Crippen molar-refractivity contribution in [2.75, 3.05) is 6.61 Å². The number of rotatable bonds is 5. The Morgan fingerprint density at radius 1 is 1.09 bits per heavy atom. The van der Waals surface area contributed by atoms with E-state index in [1.807, 2.05) is 0 Å². The van der Waals surface area contributed by atoms with E-state index in [2.05, 4.69) is 0 Å². The third kappa shape index (κ3) is 3.61. The highest BCUT2D eigenvalue weighted by atomic mass is 16.7. The zero-order valence-electron chi connectivity index (χ0n) is 11.6. The van der Waals surface area contributed by atoms with Gasteiger partial charge >= 0.3 is 5.97 Å². The lowest BCUT2D eigenvalue weighted by Gasteiger charge is -2.39. The van der Waals surface area contributed by atoms with Gasteiger partial charge in [-0.1, -0.05) is 12.1 Å². The molecule has 1 aliphatic rings. The lowest BCUT2D eigenvalue weighted by Crippen LogP contribution is -2.59. The second-order valence-corrected chi connectivity index (χ2v) is 5.01. The first-order valence-corrected chi connectivity index (χ1v) is 6.68. The van der Waals surface area contributed by atoms with E-state index < -0.39 is 43.3 Å². The van der Waals surface area contributed by atoms with Crippen LogP contribution < -0.4 is 0 Å². The van der Waals surface area contributed by atoms with Crippen LogP contribution in [-0.2, 0) is 16.1 Å². The number of hydrogen-bond donors (Lipinski definition) is 5. The number of carbonyl (C=O) groups is 1. The van der Waals surface area contributed by atoms with Crippen molar-refractivity contribution in [1.29, 1.82) is 0 Å². The summed E-state index contributed by atoms with van der Waals surface area (Å²) in [6.07, 6.45) is -6.64. The molecule has 0 amide bonds. The van der Waals surface area contributed by atoms with E-state index >= 15 is 0 Å². The number of benzene rings is 1. The summed E-state index contributed by atoms with van der Waals surface area (Å²) in [6.45, 7) is -0.527. The van der Waals surface area contributed by atoms with Crippen LogP contribution in [0.4, 0.5) is 0 Å². The predicted molar refractivity (Wildman–Crippen MR) is 72.0 cm³/mol. The average molecular weight is 314 g/mol. The Hall–Kier alpha value is -1.55. The molecule has 8 nitrogen and oxygen atoms in total. The number of ether oxygens (including phenoxy) is 2. The number of aliphatic hydroxyl groups excluding tert-OH is 4. The van der Waals surface area contributed by atoms with Crippen LogP contribution in [0.15, 0.2) is 24.3 Å². The molecule has 0 bridgehead atoms. The molecule has 1 aliphatic heterocycles. The minimum absolute atomic E-state index is 0.00257. The lowest BCUT2D eigenvalue weighted by atomic mass is 9.99. The van der Waals surface area contributed by atoms with E-state index in [0.29, 0.717) is 5.56 Å². The predicted octanol–water partition coefficient (Wildman–Crippen LogP) is -1.30. The van der Waals surface area contributed by atoms with Crippen LogP contribution in [0.2, 0.25) is 0 Å². The van der Waals surface area contributed by atoms with Crippen LogP contribution in [0.5, 0.6) is 0 Å². The fourth-order valence-electron chi connectivity index (χ4n) is 2.13. The topological polar surface area (TPSA) is 137 Å². The summed E-state index contributed by atoms with van der Waals surface area (Å²) >= 11 is 0. The van der Waals surface area contributed by atoms with Crippen LogP contribution in [-0.4, -0.2) is 68.8 Å². The van der Waals surface area contributed by atoms with Crippen LogP contribution in [0.1, 0.15) is 15.9 Å². The molecule has 1 aromatic rings. The molecule has 1 heterocycles. The zero-order chi connectivity index (χ0) is 16.3.